The highest BCUT2D eigenvalue weighted by Crippen LogP contribution is 2.34. The van der Waals surface area contributed by atoms with Crippen LogP contribution in [0.5, 0.6) is 23.1 Å². The standard InChI is InChI=1S/C35H35Cl2N3O4.ClH/c1-25-21-28(7-14-34(41)40-18-16-39(17-19-40)24-27-5-10-30(42-2)11-6-27)22-32(37)35(25)44-33-13-12-31(23-38-33)43-20-15-26-3-8-29(36)9-4-26;/h3-14,21-23H,15-20,24H2,1-2H3;1H/b14-7+;. The molecule has 4 aromatic rings. The van der Waals surface area contributed by atoms with Gasteiger partial charge in [0.1, 0.15) is 11.5 Å². The number of amides is 1. The molecule has 0 saturated carbocycles. The van der Waals surface area contributed by atoms with Gasteiger partial charge in [-0.25, -0.2) is 4.98 Å². The molecule has 1 aliphatic heterocycles. The van der Waals surface area contributed by atoms with E-state index in [0.29, 0.717) is 47.1 Å². The third kappa shape index (κ3) is 9.87. The van der Waals surface area contributed by atoms with Crippen LogP contribution >= 0.6 is 35.6 Å². The Morgan fingerprint density at radius 2 is 1.60 bits per heavy atom. The lowest BCUT2D eigenvalue weighted by Gasteiger charge is -2.34. The first-order chi connectivity index (χ1) is 21.4. The van der Waals surface area contributed by atoms with Crippen molar-refractivity contribution in [1.82, 2.24) is 14.8 Å². The van der Waals surface area contributed by atoms with Crippen molar-refractivity contribution in [3.05, 3.63) is 117 Å². The van der Waals surface area contributed by atoms with E-state index in [4.69, 9.17) is 37.4 Å². The van der Waals surface area contributed by atoms with Crippen molar-refractivity contribution in [3.63, 3.8) is 0 Å². The number of aromatic nitrogens is 1. The molecule has 2 heterocycles. The number of aryl methyl sites for hydroxylation is 1. The summed E-state index contributed by atoms with van der Waals surface area (Å²) in [6, 6.07) is 23.1. The molecule has 1 aromatic heterocycles. The van der Waals surface area contributed by atoms with Gasteiger partial charge in [0.25, 0.3) is 0 Å². The number of carbonyl (C=O) groups excluding carboxylic acids is 1. The highest BCUT2D eigenvalue weighted by molar-refractivity contribution is 6.32. The molecule has 1 saturated heterocycles. The number of rotatable bonds is 11. The maximum absolute atomic E-state index is 12.9. The zero-order valence-electron chi connectivity index (χ0n) is 25.2. The number of nitrogens with zero attached hydrogens (tertiary/aromatic N) is 3. The SMILES string of the molecule is COc1ccc(CN2CCN(C(=O)/C=C/c3cc(C)c(Oc4ccc(OCCc5ccc(Cl)cc5)cn4)c(Cl)c3)CC2)cc1.Cl. The minimum Gasteiger partial charge on any atom is -0.497 e. The molecule has 0 radical (unpaired) electrons. The van der Waals surface area contributed by atoms with Crippen LogP contribution in [0, 0.1) is 6.92 Å². The van der Waals surface area contributed by atoms with Crippen LogP contribution in [0.4, 0.5) is 0 Å². The molecule has 1 amide bonds. The minimum atomic E-state index is -0.0112. The lowest BCUT2D eigenvalue weighted by atomic mass is 10.1. The van der Waals surface area contributed by atoms with Gasteiger partial charge in [-0.3, -0.25) is 9.69 Å². The second kappa shape index (κ2) is 16.5. The second-order valence-electron chi connectivity index (χ2n) is 10.6. The van der Waals surface area contributed by atoms with E-state index >= 15 is 0 Å². The molecule has 0 unspecified atom stereocenters. The maximum Gasteiger partial charge on any atom is 0.246 e. The molecule has 0 atom stereocenters. The molecule has 0 bridgehead atoms. The number of ether oxygens (including phenoxy) is 3. The van der Waals surface area contributed by atoms with Crippen molar-refractivity contribution in [2.24, 2.45) is 0 Å². The highest BCUT2D eigenvalue weighted by atomic mass is 35.5. The van der Waals surface area contributed by atoms with E-state index in [2.05, 4.69) is 22.0 Å². The molecule has 0 aliphatic carbocycles. The van der Waals surface area contributed by atoms with E-state index in [0.717, 1.165) is 48.5 Å². The summed E-state index contributed by atoms with van der Waals surface area (Å²) in [6.07, 6.45) is 5.79. The summed E-state index contributed by atoms with van der Waals surface area (Å²) in [5.74, 6) is 2.42. The predicted molar refractivity (Wildman–Crippen MR) is 182 cm³/mol. The molecule has 5 rings (SSSR count). The normalized spacial score (nSPS) is 13.4. The molecular weight excluding hydrogens is 633 g/mol. The fraction of sp³-hybridized carbons (Fsp3) is 0.257. The Labute approximate surface area is 280 Å². The molecule has 0 N–H and O–H groups in total. The van der Waals surface area contributed by atoms with Crippen molar-refractivity contribution in [3.8, 4) is 23.1 Å². The van der Waals surface area contributed by atoms with Crippen LogP contribution in [0.3, 0.4) is 0 Å². The summed E-state index contributed by atoms with van der Waals surface area (Å²) >= 11 is 12.5. The lowest BCUT2D eigenvalue weighted by Crippen LogP contribution is -2.47. The fourth-order valence-electron chi connectivity index (χ4n) is 4.93. The van der Waals surface area contributed by atoms with Gasteiger partial charge in [0, 0.05) is 56.3 Å². The van der Waals surface area contributed by atoms with E-state index < -0.39 is 0 Å². The lowest BCUT2D eigenvalue weighted by molar-refractivity contribution is -0.127. The smallest absolute Gasteiger partial charge is 0.246 e. The predicted octanol–water partition coefficient (Wildman–Crippen LogP) is 7.90. The molecule has 1 fully saturated rings. The zero-order valence-corrected chi connectivity index (χ0v) is 27.6. The van der Waals surface area contributed by atoms with Crippen molar-refractivity contribution in [2.75, 3.05) is 39.9 Å². The molecule has 7 nitrogen and oxygen atoms in total. The first kappa shape index (κ1) is 34.1. The van der Waals surface area contributed by atoms with Gasteiger partial charge >= 0.3 is 0 Å². The van der Waals surface area contributed by atoms with Crippen molar-refractivity contribution < 1.29 is 19.0 Å². The van der Waals surface area contributed by atoms with Crippen LogP contribution in [0.2, 0.25) is 10.0 Å². The van der Waals surface area contributed by atoms with Gasteiger partial charge in [0.05, 0.1) is 24.9 Å². The summed E-state index contributed by atoms with van der Waals surface area (Å²) in [5, 5.41) is 1.16. The summed E-state index contributed by atoms with van der Waals surface area (Å²) in [6.45, 7) is 6.31. The van der Waals surface area contributed by atoms with E-state index in [1.807, 2.05) is 60.4 Å². The van der Waals surface area contributed by atoms with Crippen molar-refractivity contribution in [1.29, 1.82) is 0 Å². The number of hydrogen-bond acceptors (Lipinski definition) is 6. The molecule has 0 spiro atoms. The van der Waals surface area contributed by atoms with Gasteiger partial charge < -0.3 is 19.1 Å². The van der Waals surface area contributed by atoms with E-state index in [1.54, 1.807) is 37.6 Å². The van der Waals surface area contributed by atoms with Crippen molar-refractivity contribution >= 4 is 47.6 Å². The zero-order chi connectivity index (χ0) is 30.9. The van der Waals surface area contributed by atoms with E-state index in [-0.39, 0.29) is 18.3 Å². The Balaban J connectivity index is 0.00000461. The Bertz CT molecular complexity index is 1550. The molecule has 236 valence electrons. The number of methoxy groups -OCH3 is 1. The number of piperazine rings is 1. The number of pyridine rings is 1. The van der Waals surface area contributed by atoms with Crippen LogP contribution in [0.1, 0.15) is 22.3 Å². The van der Waals surface area contributed by atoms with Gasteiger partial charge in [-0.2, -0.15) is 0 Å². The molecule has 45 heavy (non-hydrogen) atoms. The largest absolute Gasteiger partial charge is 0.497 e. The van der Waals surface area contributed by atoms with Gasteiger partial charge in [0.15, 0.2) is 5.75 Å². The van der Waals surface area contributed by atoms with Crippen LogP contribution < -0.4 is 14.2 Å². The first-order valence-electron chi connectivity index (χ1n) is 14.5. The Morgan fingerprint density at radius 1 is 0.911 bits per heavy atom. The monoisotopic (exact) mass is 667 g/mol. The second-order valence-corrected chi connectivity index (χ2v) is 11.4. The maximum atomic E-state index is 12.9. The summed E-state index contributed by atoms with van der Waals surface area (Å²) in [5.41, 5.74) is 4.04. The van der Waals surface area contributed by atoms with Crippen LogP contribution in [-0.2, 0) is 17.8 Å². The number of hydrogen-bond donors (Lipinski definition) is 0. The third-order valence-electron chi connectivity index (χ3n) is 7.41. The Kier molecular flexibility index (Phi) is 12.5. The van der Waals surface area contributed by atoms with Gasteiger partial charge in [0.2, 0.25) is 11.8 Å². The van der Waals surface area contributed by atoms with Crippen LogP contribution in [0.15, 0.2) is 85.1 Å². The Morgan fingerprint density at radius 3 is 2.24 bits per heavy atom. The molecule has 10 heteroatoms. The molecular formula is C35H36Cl3N3O4. The highest BCUT2D eigenvalue weighted by Gasteiger charge is 2.20. The molecule has 1 aliphatic rings. The number of halogens is 3. The van der Waals surface area contributed by atoms with Gasteiger partial charge in [-0.05, 0) is 77.7 Å². The summed E-state index contributed by atoms with van der Waals surface area (Å²) < 4.78 is 17.0. The van der Waals surface area contributed by atoms with Crippen molar-refractivity contribution in [2.45, 2.75) is 19.9 Å². The minimum absolute atomic E-state index is 0. The Hall–Kier alpha value is -3.75. The summed E-state index contributed by atoms with van der Waals surface area (Å²) in [7, 11) is 1.67. The average Bonchev–Trinajstić information content (AvgIpc) is 3.04. The average molecular weight is 669 g/mol. The van der Waals surface area contributed by atoms with Gasteiger partial charge in [-0.1, -0.05) is 47.5 Å². The van der Waals surface area contributed by atoms with Gasteiger partial charge in [-0.15, -0.1) is 12.4 Å². The molecule has 3 aromatic carbocycles. The van der Waals surface area contributed by atoms with E-state index in [1.165, 1.54) is 5.56 Å². The van der Waals surface area contributed by atoms with Crippen LogP contribution in [-0.4, -0.2) is 60.6 Å². The van der Waals surface area contributed by atoms with E-state index in [9.17, 15) is 4.79 Å². The number of benzene rings is 3. The quantitative estimate of drug-likeness (QED) is 0.152. The first-order valence-corrected chi connectivity index (χ1v) is 15.3. The van der Waals surface area contributed by atoms with Crippen LogP contribution in [0.25, 0.3) is 6.08 Å². The fourth-order valence-corrected chi connectivity index (χ4v) is 5.37. The summed E-state index contributed by atoms with van der Waals surface area (Å²) in [4.78, 5) is 21.5. The third-order valence-corrected chi connectivity index (χ3v) is 7.94. The number of carbonyl (C=O) groups is 1. The topological polar surface area (TPSA) is 64.1 Å².